The van der Waals surface area contributed by atoms with E-state index in [2.05, 4.69) is 39.8 Å². The van der Waals surface area contributed by atoms with Crippen LogP contribution in [0.15, 0.2) is 60.9 Å². The molecule has 1 aromatic carbocycles. The van der Waals surface area contributed by atoms with Gasteiger partial charge in [0.2, 0.25) is 5.91 Å². The number of benzene rings is 1. The second-order valence-electron chi connectivity index (χ2n) is 9.09. The van der Waals surface area contributed by atoms with Gasteiger partial charge < -0.3 is 19.3 Å². The van der Waals surface area contributed by atoms with E-state index in [1.54, 1.807) is 0 Å². The molecule has 6 heteroatoms. The van der Waals surface area contributed by atoms with Crippen LogP contribution >= 0.6 is 0 Å². The van der Waals surface area contributed by atoms with Crippen LogP contribution in [0.1, 0.15) is 30.5 Å². The van der Waals surface area contributed by atoms with Gasteiger partial charge >= 0.3 is 0 Å². The van der Waals surface area contributed by atoms with Crippen molar-refractivity contribution in [1.29, 1.82) is 0 Å². The molecular weight excluding hydrogens is 388 g/mol. The van der Waals surface area contributed by atoms with Gasteiger partial charge in [-0.05, 0) is 44.0 Å². The van der Waals surface area contributed by atoms with Gasteiger partial charge in [-0.15, -0.1) is 0 Å². The number of hydrogen-bond donors (Lipinski definition) is 1. The number of carbonyl (C=O) groups excluding carboxylic acids is 1. The molecule has 2 aliphatic rings. The van der Waals surface area contributed by atoms with E-state index in [1.807, 2.05) is 42.4 Å². The normalized spacial score (nSPS) is 24.4. The minimum Gasteiger partial charge on any atom is -0.392 e. The molecule has 3 aromatic rings. The number of pyridine rings is 1. The minimum absolute atomic E-state index is 0.0933. The van der Waals surface area contributed by atoms with Crippen LogP contribution in [0.2, 0.25) is 0 Å². The number of amides is 1. The first-order chi connectivity index (χ1) is 15.1. The third-order valence-corrected chi connectivity index (χ3v) is 7.21. The summed E-state index contributed by atoms with van der Waals surface area (Å²) in [6.45, 7) is 2.83. The highest BCUT2D eigenvalue weighted by Gasteiger charge is 2.43. The quantitative estimate of drug-likeness (QED) is 0.710. The first-order valence-electron chi connectivity index (χ1n) is 11.2. The molecule has 0 aliphatic carbocycles. The summed E-state index contributed by atoms with van der Waals surface area (Å²) in [4.78, 5) is 22.3. The molecule has 4 heterocycles. The van der Waals surface area contributed by atoms with Crippen LogP contribution in [0.3, 0.4) is 0 Å². The van der Waals surface area contributed by atoms with Gasteiger partial charge in [-0.3, -0.25) is 4.79 Å². The number of aliphatic hydroxyl groups is 1. The van der Waals surface area contributed by atoms with Crippen LogP contribution in [0, 0.1) is 5.92 Å². The number of aliphatic hydroxyl groups excluding tert-OH is 1. The number of rotatable bonds is 3. The Labute approximate surface area is 183 Å². The van der Waals surface area contributed by atoms with Gasteiger partial charge in [-0.2, -0.15) is 0 Å². The highest BCUT2D eigenvalue weighted by atomic mass is 16.3. The Bertz CT molecular complexity index is 1020. The van der Waals surface area contributed by atoms with Crippen LogP contribution in [0.25, 0.3) is 5.65 Å². The van der Waals surface area contributed by atoms with Gasteiger partial charge in [0.05, 0.1) is 17.7 Å². The first-order valence-corrected chi connectivity index (χ1v) is 11.2. The lowest BCUT2D eigenvalue weighted by atomic mass is 9.70. The van der Waals surface area contributed by atoms with Gasteiger partial charge in [0.15, 0.2) is 0 Å². The van der Waals surface area contributed by atoms with Gasteiger partial charge in [-0.1, -0.05) is 36.4 Å². The van der Waals surface area contributed by atoms with Crippen molar-refractivity contribution in [2.75, 3.05) is 33.2 Å². The zero-order valence-electron chi connectivity index (χ0n) is 18.0. The summed E-state index contributed by atoms with van der Waals surface area (Å²) in [6, 6.07) is 16.6. The summed E-state index contributed by atoms with van der Waals surface area (Å²) in [5.74, 6) is -0.228. The number of aromatic nitrogens is 2. The van der Waals surface area contributed by atoms with E-state index in [9.17, 15) is 9.90 Å². The van der Waals surface area contributed by atoms with Gasteiger partial charge in [0, 0.05) is 44.0 Å². The number of imidazole rings is 1. The molecule has 0 unspecified atom stereocenters. The molecule has 0 saturated carbocycles. The van der Waals surface area contributed by atoms with Crippen molar-refractivity contribution in [3.8, 4) is 0 Å². The molecule has 5 rings (SSSR count). The van der Waals surface area contributed by atoms with Crippen LogP contribution in [-0.2, 0) is 10.2 Å². The van der Waals surface area contributed by atoms with E-state index >= 15 is 0 Å². The van der Waals surface area contributed by atoms with Crippen molar-refractivity contribution in [2.45, 2.75) is 30.8 Å². The predicted octanol–water partition coefficient (Wildman–Crippen LogP) is 2.56. The van der Waals surface area contributed by atoms with Crippen molar-refractivity contribution in [3.63, 3.8) is 0 Å². The number of carbonyl (C=O) groups is 1. The second kappa shape index (κ2) is 8.09. The van der Waals surface area contributed by atoms with Gasteiger partial charge in [0.25, 0.3) is 0 Å². The fourth-order valence-corrected chi connectivity index (χ4v) is 5.30. The van der Waals surface area contributed by atoms with Gasteiger partial charge in [0.1, 0.15) is 5.65 Å². The zero-order valence-corrected chi connectivity index (χ0v) is 18.0. The maximum atomic E-state index is 13.3. The van der Waals surface area contributed by atoms with Crippen molar-refractivity contribution < 1.29 is 9.90 Å². The van der Waals surface area contributed by atoms with E-state index in [-0.39, 0.29) is 17.2 Å². The highest BCUT2D eigenvalue weighted by Crippen LogP contribution is 2.41. The number of fused-ring (bicyclic) bond motifs is 1. The van der Waals surface area contributed by atoms with Crippen LogP contribution in [-0.4, -0.2) is 69.5 Å². The maximum Gasteiger partial charge on any atom is 0.229 e. The molecule has 0 bridgehead atoms. The number of likely N-dealkylation sites (tertiary alicyclic amines) is 2. The molecule has 2 atom stereocenters. The Morgan fingerprint density at radius 2 is 1.81 bits per heavy atom. The Hall–Kier alpha value is -2.70. The fraction of sp³-hybridized carbons (Fsp3) is 0.440. The Morgan fingerprint density at radius 3 is 2.55 bits per heavy atom. The third-order valence-electron chi connectivity index (χ3n) is 7.21. The molecule has 1 amide bonds. The summed E-state index contributed by atoms with van der Waals surface area (Å²) in [7, 11) is 2.02. The maximum absolute atomic E-state index is 13.3. The zero-order chi connectivity index (χ0) is 21.4. The molecule has 162 valence electrons. The summed E-state index contributed by atoms with van der Waals surface area (Å²) in [5.41, 5.74) is 3.04. The van der Waals surface area contributed by atoms with Crippen LogP contribution in [0.5, 0.6) is 0 Å². The Morgan fingerprint density at radius 1 is 1.06 bits per heavy atom. The van der Waals surface area contributed by atoms with Crippen molar-refractivity contribution >= 4 is 11.6 Å². The van der Waals surface area contributed by atoms with Crippen molar-refractivity contribution in [3.05, 3.63) is 72.2 Å². The molecule has 0 radical (unpaired) electrons. The lowest BCUT2D eigenvalue weighted by Crippen LogP contribution is -2.53. The predicted molar refractivity (Wildman–Crippen MR) is 120 cm³/mol. The summed E-state index contributed by atoms with van der Waals surface area (Å²) in [6.07, 6.45) is 5.94. The molecular formula is C25H30N4O2. The van der Waals surface area contributed by atoms with Crippen molar-refractivity contribution in [2.24, 2.45) is 5.92 Å². The van der Waals surface area contributed by atoms with E-state index in [1.165, 1.54) is 5.56 Å². The SMILES string of the molecule is CN1CC[C@@H](O)[C@H](C(=O)N2CCC(c3ccccc3)(c3cn4ccccc4n3)CC2)C1. The molecule has 2 aromatic heterocycles. The highest BCUT2D eigenvalue weighted by molar-refractivity contribution is 5.80. The molecule has 6 nitrogen and oxygen atoms in total. The topological polar surface area (TPSA) is 61.1 Å². The first kappa shape index (κ1) is 20.2. The summed E-state index contributed by atoms with van der Waals surface area (Å²) in [5, 5.41) is 10.4. The molecule has 2 fully saturated rings. The largest absolute Gasteiger partial charge is 0.392 e. The average molecular weight is 419 g/mol. The van der Waals surface area contributed by atoms with E-state index in [4.69, 9.17) is 4.98 Å². The standard InChI is InChI=1S/C25H30N4O2/c1-27-14-10-21(30)20(17-27)24(31)28-15-11-25(12-16-28,19-7-3-2-4-8-19)22-18-29-13-6-5-9-23(29)26-22/h2-9,13,18,20-21,30H,10-12,14-17H2,1H3/t20-,21-/m1/s1. The lowest BCUT2D eigenvalue weighted by molar-refractivity contribution is -0.143. The fourth-order valence-electron chi connectivity index (χ4n) is 5.30. The summed E-state index contributed by atoms with van der Waals surface area (Å²) >= 11 is 0. The van der Waals surface area contributed by atoms with Crippen LogP contribution in [0.4, 0.5) is 0 Å². The van der Waals surface area contributed by atoms with Crippen LogP contribution < -0.4 is 0 Å². The Balaban J connectivity index is 1.43. The van der Waals surface area contributed by atoms with Crippen molar-refractivity contribution in [1.82, 2.24) is 19.2 Å². The Kier molecular flexibility index (Phi) is 5.28. The average Bonchev–Trinajstić information content (AvgIpc) is 3.26. The molecule has 2 saturated heterocycles. The van der Waals surface area contributed by atoms with E-state index in [0.29, 0.717) is 26.1 Å². The van der Waals surface area contributed by atoms with E-state index in [0.717, 1.165) is 30.7 Å². The molecule has 31 heavy (non-hydrogen) atoms. The molecule has 1 N–H and O–H groups in total. The third kappa shape index (κ3) is 3.64. The monoisotopic (exact) mass is 418 g/mol. The van der Waals surface area contributed by atoms with E-state index < -0.39 is 6.10 Å². The smallest absolute Gasteiger partial charge is 0.229 e. The molecule has 0 spiro atoms. The number of nitrogens with zero attached hydrogens (tertiary/aromatic N) is 4. The lowest BCUT2D eigenvalue weighted by Gasteiger charge is -2.43. The second-order valence-corrected chi connectivity index (χ2v) is 9.09. The minimum atomic E-state index is -0.539. The number of hydrogen-bond acceptors (Lipinski definition) is 4. The van der Waals surface area contributed by atoms with Gasteiger partial charge in [-0.25, -0.2) is 4.98 Å². The number of piperidine rings is 2. The molecule has 2 aliphatic heterocycles. The summed E-state index contributed by atoms with van der Waals surface area (Å²) < 4.78 is 2.08.